The summed E-state index contributed by atoms with van der Waals surface area (Å²) in [4.78, 5) is 16.3. The first-order valence-electron chi connectivity index (χ1n) is 6.25. The third-order valence-corrected chi connectivity index (χ3v) is 4.17. The molecule has 0 aliphatic rings. The van der Waals surface area contributed by atoms with Crippen LogP contribution in [0.2, 0.25) is 0 Å². The van der Waals surface area contributed by atoms with Crippen LogP contribution in [0.25, 0.3) is 10.8 Å². The second kappa shape index (κ2) is 5.95. The third kappa shape index (κ3) is 3.14. The highest BCUT2D eigenvalue weighted by molar-refractivity contribution is 9.10. The van der Waals surface area contributed by atoms with Crippen molar-refractivity contribution in [2.45, 2.75) is 0 Å². The maximum atomic E-state index is 12.2. The van der Waals surface area contributed by atoms with Gasteiger partial charge in [-0.1, -0.05) is 28.1 Å². The van der Waals surface area contributed by atoms with Crippen LogP contribution in [0.5, 0.6) is 0 Å². The minimum atomic E-state index is -0.237. The number of anilines is 1. The Kier molecular flexibility index (Phi) is 4.03. The maximum absolute atomic E-state index is 12.2. The number of nitrogens with one attached hydrogen (secondary N) is 1. The molecule has 3 aromatic rings. The van der Waals surface area contributed by atoms with Crippen molar-refractivity contribution in [2.24, 2.45) is 0 Å². The first kappa shape index (κ1) is 14.2. The number of hydrogen-bond donors (Lipinski definition) is 1. The van der Waals surface area contributed by atoms with Crippen LogP contribution in [0.3, 0.4) is 0 Å². The summed E-state index contributed by atoms with van der Waals surface area (Å²) in [5.74, 6) is -0.237. The molecule has 2 aromatic carbocycles. The van der Waals surface area contributed by atoms with Crippen LogP contribution in [-0.2, 0) is 0 Å². The highest BCUT2D eigenvalue weighted by Gasteiger charge is 2.11. The van der Waals surface area contributed by atoms with Gasteiger partial charge in [0.05, 0.1) is 0 Å². The van der Waals surface area contributed by atoms with Gasteiger partial charge in [-0.05, 0) is 63.1 Å². The van der Waals surface area contributed by atoms with E-state index in [9.17, 15) is 4.79 Å². The van der Waals surface area contributed by atoms with Crippen molar-refractivity contribution in [1.82, 2.24) is 4.98 Å². The molecule has 0 aliphatic carbocycles. The van der Waals surface area contributed by atoms with Crippen LogP contribution in [0, 0.1) is 0 Å². The fraction of sp³-hybridized carbons (Fsp3) is 0. The minimum Gasteiger partial charge on any atom is -0.321 e. The summed E-state index contributed by atoms with van der Waals surface area (Å²) in [5.41, 5.74) is 1.11. The summed E-state index contributed by atoms with van der Waals surface area (Å²) < 4.78 is 1.71. The van der Waals surface area contributed by atoms with Crippen molar-refractivity contribution in [2.75, 3.05) is 5.32 Å². The van der Waals surface area contributed by atoms with Gasteiger partial charge in [0.25, 0.3) is 5.91 Å². The van der Waals surface area contributed by atoms with Crippen LogP contribution in [0.15, 0.2) is 63.7 Å². The molecule has 0 bridgehead atoms. The van der Waals surface area contributed by atoms with E-state index in [0.717, 1.165) is 20.9 Å². The van der Waals surface area contributed by atoms with Crippen LogP contribution >= 0.6 is 31.9 Å². The zero-order chi connectivity index (χ0) is 14.8. The number of fused-ring (bicyclic) bond motifs is 1. The van der Waals surface area contributed by atoms with E-state index < -0.39 is 0 Å². The topological polar surface area (TPSA) is 42.0 Å². The Morgan fingerprint density at radius 1 is 1.00 bits per heavy atom. The van der Waals surface area contributed by atoms with E-state index in [1.807, 2.05) is 36.4 Å². The van der Waals surface area contributed by atoms with Gasteiger partial charge in [0, 0.05) is 20.8 Å². The Hall–Kier alpha value is -1.72. The summed E-state index contributed by atoms with van der Waals surface area (Å²) >= 11 is 6.78. The van der Waals surface area contributed by atoms with Gasteiger partial charge in [-0.15, -0.1) is 0 Å². The van der Waals surface area contributed by atoms with E-state index in [1.54, 1.807) is 18.3 Å². The molecule has 0 saturated carbocycles. The molecule has 0 radical (unpaired) electrons. The Morgan fingerprint density at radius 2 is 1.76 bits per heavy atom. The van der Waals surface area contributed by atoms with Gasteiger partial charge in [0.1, 0.15) is 5.69 Å². The van der Waals surface area contributed by atoms with E-state index >= 15 is 0 Å². The van der Waals surface area contributed by atoms with Gasteiger partial charge in [0.2, 0.25) is 0 Å². The van der Waals surface area contributed by atoms with Crippen molar-refractivity contribution in [1.29, 1.82) is 0 Å². The first-order valence-corrected chi connectivity index (χ1v) is 7.83. The number of carbonyl (C=O) groups is 1. The number of pyridine rings is 1. The van der Waals surface area contributed by atoms with Crippen molar-refractivity contribution in [3.63, 3.8) is 0 Å². The van der Waals surface area contributed by atoms with Crippen LogP contribution in [0.4, 0.5) is 5.69 Å². The summed E-state index contributed by atoms with van der Waals surface area (Å²) in [7, 11) is 0. The molecule has 0 spiro atoms. The molecule has 1 heterocycles. The van der Waals surface area contributed by atoms with Gasteiger partial charge >= 0.3 is 0 Å². The van der Waals surface area contributed by atoms with Gasteiger partial charge in [-0.3, -0.25) is 4.79 Å². The highest BCUT2D eigenvalue weighted by Crippen LogP contribution is 2.23. The second-order valence-electron chi connectivity index (χ2n) is 4.49. The highest BCUT2D eigenvalue weighted by atomic mass is 79.9. The Bertz CT molecular complexity index is 833. The lowest BCUT2D eigenvalue weighted by Gasteiger charge is -2.07. The number of amides is 1. The Balaban J connectivity index is 1.90. The normalized spacial score (nSPS) is 10.6. The summed E-state index contributed by atoms with van der Waals surface area (Å²) in [5, 5.41) is 5.04. The monoisotopic (exact) mass is 404 g/mol. The number of halogens is 2. The second-order valence-corrected chi connectivity index (χ2v) is 6.26. The average Bonchev–Trinajstić information content (AvgIpc) is 2.48. The molecule has 21 heavy (non-hydrogen) atoms. The summed E-state index contributed by atoms with van der Waals surface area (Å²) in [6.07, 6.45) is 1.59. The summed E-state index contributed by atoms with van der Waals surface area (Å²) in [6.45, 7) is 0. The molecule has 0 fully saturated rings. The van der Waals surface area contributed by atoms with E-state index in [4.69, 9.17) is 0 Å². The lowest BCUT2D eigenvalue weighted by atomic mass is 10.1. The molecule has 1 aromatic heterocycles. The zero-order valence-corrected chi connectivity index (χ0v) is 14.0. The maximum Gasteiger partial charge on any atom is 0.275 e. The number of carbonyl (C=O) groups excluding carboxylic acids is 1. The predicted molar refractivity (Wildman–Crippen MR) is 91.5 cm³/mol. The number of rotatable bonds is 2. The van der Waals surface area contributed by atoms with Gasteiger partial charge < -0.3 is 5.32 Å². The molecule has 3 rings (SSSR count). The Morgan fingerprint density at radius 3 is 2.57 bits per heavy atom. The average molecular weight is 406 g/mol. The first-order chi connectivity index (χ1) is 10.1. The van der Waals surface area contributed by atoms with Crippen molar-refractivity contribution >= 4 is 54.2 Å². The zero-order valence-electron chi connectivity index (χ0n) is 10.8. The molecule has 1 N–H and O–H groups in total. The van der Waals surface area contributed by atoms with Crippen LogP contribution in [-0.4, -0.2) is 10.9 Å². The Labute approximate surface area is 138 Å². The molecule has 0 aliphatic heterocycles. The SMILES string of the molecule is O=C(Nc1ccc2cc(Br)ccc2c1)c1ncccc1Br. The van der Waals surface area contributed by atoms with Gasteiger partial charge in [-0.2, -0.15) is 0 Å². The van der Waals surface area contributed by atoms with E-state index in [-0.39, 0.29) is 5.91 Å². The molecule has 104 valence electrons. The van der Waals surface area contributed by atoms with Crippen molar-refractivity contribution < 1.29 is 4.79 Å². The number of hydrogen-bond acceptors (Lipinski definition) is 2. The third-order valence-electron chi connectivity index (χ3n) is 3.03. The molecular weight excluding hydrogens is 396 g/mol. The van der Waals surface area contributed by atoms with E-state index in [2.05, 4.69) is 42.2 Å². The fourth-order valence-electron chi connectivity index (χ4n) is 2.04. The van der Waals surface area contributed by atoms with Crippen LogP contribution < -0.4 is 5.32 Å². The lowest BCUT2D eigenvalue weighted by molar-refractivity contribution is 0.102. The molecule has 1 amide bonds. The molecule has 0 atom stereocenters. The predicted octanol–water partition coefficient (Wildman–Crippen LogP) is 5.01. The quantitative estimate of drug-likeness (QED) is 0.650. The minimum absolute atomic E-state index is 0.237. The standard InChI is InChI=1S/C16H10Br2N2O/c17-12-5-3-11-9-13(6-4-10(11)8-12)20-16(21)15-14(18)2-1-7-19-15/h1-9H,(H,20,21). The molecule has 0 saturated heterocycles. The number of nitrogens with zero attached hydrogens (tertiary/aromatic N) is 1. The molecular formula is C16H10Br2N2O. The smallest absolute Gasteiger partial charge is 0.275 e. The molecule has 0 unspecified atom stereocenters. The molecule has 3 nitrogen and oxygen atoms in total. The van der Waals surface area contributed by atoms with E-state index in [1.165, 1.54) is 0 Å². The lowest BCUT2D eigenvalue weighted by Crippen LogP contribution is -2.14. The van der Waals surface area contributed by atoms with E-state index in [0.29, 0.717) is 10.2 Å². The van der Waals surface area contributed by atoms with Gasteiger partial charge in [0.15, 0.2) is 0 Å². The van der Waals surface area contributed by atoms with Crippen LogP contribution in [0.1, 0.15) is 10.5 Å². The number of benzene rings is 2. The van der Waals surface area contributed by atoms with Crippen molar-refractivity contribution in [3.8, 4) is 0 Å². The largest absolute Gasteiger partial charge is 0.321 e. The fourth-order valence-corrected chi connectivity index (χ4v) is 2.85. The summed E-state index contributed by atoms with van der Waals surface area (Å²) in [6, 6.07) is 15.4. The van der Waals surface area contributed by atoms with Crippen molar-refractivity contribution in [3.05, 3.63) is 69.4 Å². The molecule has 5 heteroatoms. The number of aromatic nitrogens is 1. The van der Waals surface area contributed by atoms with Gasteiger partial charge in [-0.25, -0.2) is 4.98 Å².